The Hall–Kier alpha value is -2.25. The van der Waals surface area contributed by atoms with Crippen molar-refractivity contribution in [3.05, 3.63) is 58.9 Å². The second kappa shape index (κ2) is 6.17. The molecule has 0 bridgehead atoms. The van der Waals surface area contributed by atoms with Crippen LogP contribution >= 0.6 is 0 Å². The number of carbonyl (C=O) groups is 1. The standard InChI is InChI=1S/C19H19FN2O3S/c1-12-17-10-16(9-14-3-2-8-22(18(14)17)19(12)23)26(24,25)21-11-13-4-6-15(20)7-5-13/h4-7,9-10,12,21H,2-3,8,11H2,1H3/t12-/m0/s1. The zero-order valence-corrected chi connectivity index (χ0v) is 15.1. The summed E-state index contributed by atoms with van der Waals surface area (Å²) in [5, 5.41) is 0. The van der Waals surface area contributed by atoms with Crippen LogP contribution in [0.3, 0.4) is 0 Å². The van der Waals surface area contributed by atoms with Crippen LogP contribution in [0.15, 0.2) is 41.3 Å². The van der Waals surface area contributed by atoms with E-state index in [1.807, 2.05) is 6.92 Å². The van der Waals surface area contributed by atoms with Crippen LogP contribution in [-0.4, -0.2) is 20.9 Å². The minimum absolute atomic E-state index is 0.0368. The van der Waals surface area contributed by atoms with E-state index in [-0.39, 0.29) is 29.1 Å². The summed E-state index contributed by atoms with van der Waals surface area (Å²) in [6, 6.07) is 8.96. The fourth-order valence-corrected chi connectivity index (χ4v) is 4.79. The van der Waals surface area contributed by atoms with Crippen LogP contribution in [0.5, 0.6) is 0 Å². The highest BCUT2D eigenvalue weighted by Gasteiger charge is 2.38. The number of aryl methyl sites for hydroxylation is 1. The monoisotopic (exact) mass is 374 g/mol. The van der Waals surface area contributed by atoms with Gasteiger partial charge in [0.1, 0.15) is 5.82 Å². The van der Waals surface area contributed by atoms with Gasteiger partial charge in [0.25, 0.3) is 0 Å². The van der Waals surface area contributed by atoms with Gasteiger partial charge in [-0.2, -0.15) is 0 Å². The Morgan fingerprint density at radius 2 is 1.96 bits per heavy atom. The molecule has 5 nitrogen and oxygen atoms in total. The first-order chi connectivity index (χ1) is 12.4. The van der Waals surface area contributed by atoms with Crippen molar-refractivity contribution in [2.24, 2.45) is 0 Å². The molecule has 26 heavy (non-hydrogen) atoms. The summed E-state index contributed by atoms with van der Waals surface area (Å²) in [5.41, 5.74) is 3.27. The maximum absolute atomic E-state index is 13.0. The van der Waals surface area contributed by atoms with Crippen LogP contribution in [0.4, 0.5) is 10.1 Å². The number of halogens is 1. The predicted octanol–water partition coefficient (Wildman–Crippen LogP) is 2.70. The zero-order chi connectivity index (χ0) is 18.5. The number of hydrogen-bond donors (Lipinski definition) is 1. The number of rotatable bonds is 4. The van der Waals surface area contributed by atoms with E-state index < -0.39 is 10.0 Å². The lowest BCUT2D eigenvalue weighted by Crippen LogP contribution is -2.32. The highest BCUT2D eigenvalue weighted by molar-refractivity contribution is 7.89. The molecule has 7 heteroatoms. The molecule has 0 saturated heterocycles. The highest BCUT2D eigenvalue weighted by atomic mass is 32.2. The second-order valence-electron chi connectivity index (χ2n) is 6.79. The first kappa shape index (κ1) is 17.2. The fourth-order valence-electron chi connectivity index (χ4n) is 3.68. The van der Waals surface area contributed by atoms with Gasteiger partial charge < -0.3 is 4.90 Å². The number of nitrogens with zero attached hydrogens (tertiary/aromatic N) is 1. The molecule has 0 fully saturated rings. The van der Waals surface area contributed by atoms with E-state index >= 15 is 0 Å². The summed E-state index contributed by atoms with van der Waals surface area (Å²) >= 11 is 0. The summed E-state index contributed by atoms with van der Waals surface area (Å²) in [6.45, 7) is 2.59. The third-order valence-electron chi connectivity index (χ3n) is 5.08. The van der Waals surface area contributed by atoms with E-state index in [0.29, 0.717) is 12.1 Å². The van der Waals surface area contributed by atoms with E-state index in [4.69, 9.17) is 0 Å². The van der Waals surface area contributed by atoms with Crippen LogP contribution in [-0.2, 0) is 27.8 Å². The average Bonchev–Trinajstić information content (AvgIpc) is 2.88. The Kier molecular flexibility index (Phi) is 4.08. The van der Waals surface area contributed by atoms with Crippen molar-refractivity contribution in [1.29, 1.82) is 0 Å². The Bertz CT molecular complexity index is 987. The number of carbonyl (C=O) groups excluding carboxylic acids is 1. The third kappa shape index (κ3) is 2.81. The van der Waals surface area contributed by atoms with E-state index in [9.17, 15) is 17.6 Å². The van der Waals surface area contributed by atoms with Gasteiger partial charge in [0, 0.05) is 13.1 Å². The molecule has 2 aromatic carbocycles. The van der Waals surface area contributed by atoms with Gasteiger partial charge in [-0.25, -0.2) is 17.5 Å². The molecule has 1 amide bonds. The molecular weight excluding hydrogens is 355 g/mol. The molecule has 136 valence electrons. The first-order valence-corrected chi connectivity index (χ1v) is 10.1. The molecule has 0 unspecified atom stereocenters. The summed E-state index contributed by atoms with van der Waals surface area (Å²) in [7, 11) is -3.73. The summed E-state index contributed by atoms with van der Waals surface area (Å²) in [5.74, 6) is -0.651. The van der Waals surface area contributed by atoms with Crippen molar-refractivity contribution in [1.82, 2.24) is 4.72 Å². The largest absolute Gasteiger partial charge is 0.311 e. The van der Waals surface area contributed by atoms with Gasteiger partial charge in [-0.15, -0.1) is 0 Å². The molecule has 4 rings (SSSR count). The first-order valence-electron chi connectivity index (χ1n) is 8.59. The van der Waals surface area contributed by atoms with Crippen molar-refractivity contribution in [3.63, 3.8) is 0 Å². The molecular formula is C19H19FN2O3S. The van der Waals surface area contributed by atoms with Gasteiger partial charge in [0.05, 0.1) is 16.5 Å². The van der Waals surface area contributed by atoms with E-state index in [1.54, 1.807) is 29.2 Å². The van der Waals surface area contributed by atoms with Crippen molar-refractivity contribution < 1.29 is 17.6 Å². The molecule has 2 aliphatic heterocycles. The lowest BCUT2D eigenvalue weighted by molar-refractivity contribution is -0.119. The van der Waals surface area contributed by atoms with Crippen molar-refractivity contribution in [2.75, 3.05) is 11.4 Å². The average molecular weight is 374 g/mol. The van der Waals surface area contributed by atoms with Crippen LogP contribution in [0, 0.1) is 5.82 Å². The van der Waals surface area contributed by atoms with Gasteiger partial charge in [-0.1, -0.05) is 12.1 Å². The summed E-state index contributed by atoms with van der Waals surface area (Å²) in [4.78, 5) is 14.4. The molecule has 1 N–H and O–H groups in total. The number of sulfonamides is 1. The fraction of sp³-hybridized carbons (Fsp3) is 0.316. The van der Waals surface area contributed by atoms with Gasteiger partial charge in [-0.3, -0.25) is 4.79 Å². The molecule has 2 aromatic rings. The van der Waals surface area contributed by atoms with Gasteiger partial charge in [0.2, 0.25) is 15.9 Å². The Labute approximate surface area is 151 Å². The quantitative estimate of drug-likeness (QED) is 0.895. The molecule has 0 aromatic heterocycles. The molecule has 1 atom stereocenters. The minimum atomic E-state index is -3.73. The molecule has 2 heterocycles. The predicted molar refractivity (Wildman–Crippen MR) is 96.0 cm³/mol. The lowest BCUT2D eigenvalue weighted by atomic mass is 9.97. The number of benzene rings is 2. The molecule has 0 spiro atoms. The minimum Gasteiger partial charge on any atom is -0.311 e. The van der Waals surface area contributed by atoms with Crippen LogP contribution in [0.2, 0.25) is 0 Å². The van der Waals surface area contributed by atoms with Gasteiger partial charge in [-0.05, 0) is 60.7 Å². The highest BCUT2D eigenvalue weighted by Crippen LogP contribution is 2.43. The number of anilines is 1. The van der Waals surface area contributed by atoms with E-state index in [2.05, 4.69) is 4.72 Å². The SMILES string of the molecule is C[C@@H]1C(=O)N2CCCc3cc(S(=O)(=O)NCc4ccc(F)cc4)cc1c32. The maximum Gasteiger partial charge on any atom is 0.240 e. The summed E-state index contributed by atoms with van der Waals surface area (Å²) in [6.07, 6.45) is 1.59. The van der Waals surface area contributed by atoms with Crippen molar-refractivity contribution in [3.8, 4) is 0 Å². The maximum atomic E-state index is 13.0. The number of hydrogen-bond acceptors (Lipinski definition) is 3. The van der Waals surface area contributed by atoms with Crippen LogP contribution in [0.25, 0.3) is 0 Å². The lowest BCUT2D eigenvalue weighted by Gasteiger charge is -2.26. The smallest absolute Gasteiger partial charge is 0.240 e. The number of nitrogens with one attached hydrogen (secondary N) is 1. The molecule has 0 aliphatic carbocycles. The van der Waals surface area contributed by atoms with Gasteiger partial charge >= 0.3 is 0 Å². The summed E-state index contributed by atoms with van der Waals surface area (Å²) < 4.78 is 41.0. The zero-order valence-electron chi connectivity index (χ0n) is 14.3. The topological polar surface area (TPSA) is 66.5 Å². The Balaban J connectivity index is 1.65. The Morgan fingerprint density at radius 1 is 1.23 bits per heavy atom. The second-order valence-corrected chi connectivity index (χ2v) is 8.55. The van der Waals surface area contributed by atoms with E-state index in [1.165, 1.54) is 12.1 Å². The van der Waals surface area contributed by atoms with Crippen molar-refractivity contribution in [2.45, 2.75) is 37.1 Å². The Morgan fingerprint density at radius 3 is 2.69 bits per heavy atom. The van der Waals surface area contributed by atoms with Crippen LogP contribution in [0.1, 0.15) is 36.0 Å². The molecule has 0 saturated carbocycles. The molecule has 2 aliphatic rings. The van der Waals surface area contributed by atoms with E-state index in [0.717, 1.165) is 29.7 Å². The van der Waals surface area contributed by atoms with Crippen molar-refractivity contribution >= 4 is 21.6 Å². The van der Waals surface area contributed by atoms with Gasteiger partial charge in [0.15, 0.2) is 0 Å². The number of amides is 1. The third-order valence-corrected chi connectivity index (χ3v) is 6.46. The van der Waals surface area contributed by atoms with Crippen LogP contribution < -0.4 is 9.62 Å². The molecule has 0 radical (unpaired) electrons. The normalized spacial score (nSPS) is 18.9.